The molecule has 0 saturated heterocycles. The number of primary amides is 1. The van der Waals surface area contributed by atoms with Gasteiger partial charge in [-0.05, 0) is 50.1 Å². The van der Waals surface area contributed by atoms with Gasteiger partial charge in [0.2, 0.25) is 5.91 Å². The van der Waals surface area contributed by atoms with Gasteiger partial charge < -0.3 is 16.4 Å². The number of benzene rings is 1. The van der Waals surface area contributed by atoms with Crippen molar-refractivity contribution in [1.82, 2.24) is 10.6 Å². The molecule has 1 aliphatic carbocycles. The highest BCUT2D eigenvalue weighted by Crippen LogP contribution is 2.28. The van der Waals surface area contributed by atoms with E-state index in [0.717, 1.165) is 23.3 Å². The molecule has 0 aliphatic heterocycles. The van der Waals surface area contributed by atoms with Gasteiger partial charge in [0, 0.05) is 23.4 Å². The SMILES string of the molecule is CCNC(=NCc1ccc(C(N)=O)cc1)NC1CCC(SC)C1. The van der Waals surface area contributed by atoms with Crippen molar-refractivity contribution >= 4 is 23.6 Å². The van der Waals surface area contributed by atoms with E-state index in [-0.39, 0.29) is 0 Å². The van der Waals surface area contributed by atoms with Crippen LogP contribution in [0.2, 0.25) is 0 Å². The lowest BCUT2D eigenvalue weighted by Gasteiger charge is -2.17. The van der Waals surface area contributed by atoms with Crippen molar-refractivity contribution < 1.29 is 4.79 Å². The average Bonchev–Trinajstić information content (AvgIpc) is 3.01. The first-order valence-electron chi connectivity index (χ1n) is 8.08. The van der Waals surface area contributed by atoms with E-state index >= 15 is 0 Å². The van der Waals surface area contributed by atoms with Crippen molar-refractivity contribution in [3.05, 3.63) is 35.4 Å². The number of hydrogen-bond acceptors (Lipinski definition) is 3. The maximum absolute atomic E-state index is 11.1. The molecule has 0 bridgehead atoms. The number of amides is 1. The number of hydrogen-bond donors (Lipinski definition) is 3. The van der Waals surface area contributed by atoms with Crippen molar-refractivity contribution in [2.45, 2.75) is 44.0 Å². The molecule has 4 N–H and O–H groups in total. The molecule has 1 aromatic carbocycles. The smallest absolute Gasteiger partial charge is 0.248 e. The van der Waals surface area contributed by atoms with Gasteiger partial charge in [0.05, 0.1) is 6.54 Å². The number of rotatable bonds is 6. The quantitative estimate of drug-likeness (QED) is 0.550. The van der Waals surface area contributed by atoms with E-state index in [1.807, 2.05) is 23.9 Å². The van der Waals surface area contributed by atoms with Crippen LogP contribution in [0.4, 0.5) is 0 Å². The van der Waals surface area contributed by atoms with Gasteiger partial charge >= 0.3 is 0 Å². The van der Waals surface area contributed by atoms with E-state index in [4.69, 9.17) is 5.73 Å². The summed E-state index contributed by atoms with van der Waals surface area (Å²) >= 11 is 1.95. The second-order valence-corrected chi connectivity index (χ2v) is 6.91. The van der Waals surface area contributed by atoms with E-state index < -0.39 is 5.91 Å². The number of carbonyl (C=O) groups excluding carboxylic acids is 1. The maximum atomic E-state index is 11.1. The number of guanidine groups is 1. The van der Waals surface area contributed by atoms with Gasteiger partial charge in [0.25, 0.3) is 0 Å². The summed E-state index contributed by atoms with van der Waals surface area (Å²) in [6, 6.07) is 7.78. The van der Waals surface area contributed by atoms with E-state index in [2.05, 4.69) is 28.8 Å². The third-order valence-corrected chi connectivity index (χ3v) is 5.16. The first kappa shape index (κ1) is 17.7. The van der Waals surface area contributed by atoms with Crippen molar-refractivity contribution in [2.24, 2.45) is 10.7 Å². The third kappa shape index (κ3) is 5.46. The zero-order valence-corrected chi connectivity index (χ0v) is 14.7. The van der Waals surface area contributed by atoms with Crippen molar-refractivity contribution in [2.75, 3.05) is 12.8 Å². The van der Waals surface area contributed by atoms with Crippen LogP contribution in [0.3, 0.4) is 0 Å². The molecule has 2 atom stereocenters. The third-order valence-electron chi connectivity index (χ3n) is 4.06. The summed E-state index contributed by atoms with van der Waals surface area (Å²) in [5.41, 5.74) is 6.83. The molecule has 2 rings (SSSR count). The molecule has 0 heterocycles. The monoisotopic (exact) mass is 334 g/mol. The highest BCUT2D eigenvalue weighted by atomic mass is 32.2. The van der Waals surface area contributed by atoms with Gasteiger partial charge in [-0.25, -0.2) is 4.99 Å². The molecule has 126 valence electrons. The molecule has 0 radical (unpaired) electrons. The zero-order valence-electron chi connectivity index (χ0n) is 13.8. The topological polar surface area (TPSA) is 79.5 Å². The minimum atomic E-state index is -0.403. The van der Waals surface area contributed by atoms with Crippen LogP contribution in [0, 0.1) is 0 Å². The Morgan fingerprint density at radius 3 is 2.65 bits per heavy atom. The molecule has 1 saturated carbocycles. The fourth-order valence-electron chi connectivity index (χ4n) is 2.74. The highest BCUT2D eigenvalue weighted by Gasteiger charge is 2.24. The molecule has 6 heteroatoms. The fraction of sp³-hybridized carbons (Fsp3) is 0.529. The van der Waals surface area contributed by atoms with Crippen LogP contribution in [0.1, 0.15) is 42.1 Å². The normalized spacial score (nSPS) is 21.2. The van der Waals surface area contributed by atoms with Crippen molar-refractivity contribution in [3.8, 4) is 0 Å². The van der Waals surface area contributed by atoms with E-state index in [1.165, 1.54) is 19.3 Å². The minimum absolute atomic E-state index is 0.403. The lowest BCUT2D eigenvalue weighted by atomic mass is 10.1. The highest BCUT2D eigenvalue weighted by molar-refractivity contribution is 7.99. The van der Waals surface area contributed by atoms with E-state index in [9.17, 15) is 4.79 Å². The largest absolute Gasteiger partial charge is 0.366 e. The van der Waals surface area contributed by atoms with Crippen LogP contribution < -0.4 is 16.4 Å². The summed E-state index contributed by atoms with van der Waals surface area (Å²) in [7, 11) is 0. The number of aliphatic imine (C=N–C) groups is 1. The van der Waals surface area contributed by atoms with Crippen molar-refractivity contribution in [3.63, 3.8) is 0 Å². The first-order chi connectivity index (χ1) is 11.1. The Kier molecular flexibility index (Phi) is 6.77. The fourth-order valence-corrected chi connectivity index (χ4v) is 3.54. The predicted octanol–water partition coefficient (Wildman–Crippen LogP) is 2.12. The summed E-state index contributed by atoms with van der Waals surface area (Å²) in [6.45, 7) is 3.48. The Labute approximate surface area is 142 Å². The summed E-state index contributed by atoms with van der Waals surface area (Å²) < 4.78 is 0. The number of nitrogens with one attached hydrogen (secondary N) is 2. The molecule has 1 fully saturated rings. The summed E-state index contributed by atoms with van der Waals surface area (Å²) in [6.07, 6.45) is 5.84. The maximum Gasteiger partial charge on any atom is 0.248 e. The average molecular weight is 334 g/mol. The van der Waals surface area contributed by atoms with Crippen LogP contribution in [-0.2, 0) is 6.54 Å². The van der Waals surface area contributed by atoms with Gasteiger partial charge in [0.15, 0.2) is 5.96 Å². The Hall–Kier alpha value is -1.69. The van der Waals surface area contributed by atoms with E-state index in [0.29, 0.717) is 18.2 Å². The standard InChI is InChI=1S/C17H26N4OS/c1-3-19-17(21-14-8-9-15(10-14)23-2)20-11-12-4-6-13(7-5-12)16(18)22/h4-7,14-15H,3,8-11H2,1-2H3,(H2,18,22)(H2,19,20,21). The van der Waals surface area contributed by atoms with Crippen LogP contribution in [-0.4, -0.2) is 36.0 Å². The Morgan fingerprint density at radius 1 is 1.35 bits per heavy atom. The van der Waals surface area contributed by atoms with Gasteiger partial charge in [-0.15, -0.1) is 0 Å². The minimum Gasteiger partial charge on any atom is -0.366 e. The van der Waals surface area contributed by atoms with Gasteiger partial charge in [-0.1, -0.05) is 12.1 Å². The van der Waals surface area contributed by atoms with E-state index in [1.54, 1.807) is 12.1 Å². The summed E-state index contributed by atoms with van der Waals surface area (Å²) in [5.74, 6) is 0.456. The molecule has 2 unspecified atom stereocenters. The number of thioether (sulfide) groups is 1. The van der Waals surface area contributed by atoms with Gasteiger partial charge in [-0.3, -0.25) is 4.79 Å². The van der Waals surface area contributed by atoms with Crippen LogP contribution in [0.5, 0.6) is 0 Å². The number of nitrogens with zero attached hydrogens (tertiary/aromatic N) is 1. The van der Waals surface area contributed by atoms with Crippen LogP contribution in [0.15, 0.2) is 29.3 Å². The predicted molar refractivity (Wildman–Crippen MR) is 97.9 cm³/mol. The Morgan fingerprint density at radius 2 is 2.09 bits per heavy atom. The first-order valence-corrected chi connectivity index (χ1v) is 9.37. The molecular formula is C17H26N4OS. The molecule has 0 aromatic heterocycles. The lowest BCUT2D eigenvalue weighted by molar-refractivity contribution is 0.100. The second kappa shape index (κ2) is 8.82. The summed E-state index contributed by atoms with van der Waals surface area (Å²) in [5, 5.41) is 7.59. The molecular weight excluding hydrogens is 308 g/mol. The summed E-state index contributed by atoms with van der Waals surface area (Å²) in [4.78, 5) is 15.7. The number of carbonyl (C=O) groups is 1. The Balaban J connectivity index is 1.94. The molecule has 1 aromatic rings. The molecule has 5 nitrogen and oxygen atoms in total. The number of nitrogens with two attached hydrogens (primary N) is 1. The molecule has 1 aliphatic rings. The lowest BCUT2D eigenvalue weighted by Crippen LogP contribution is -2.42. The molecule has 0 spiro atoms. The van der Waals surface area contributed by atoms with Crippen LogP contribution >= 0.6 is 11.8 Å². The molecule has 23 heavy (non-hydrogen) atoms. The second-order valence-electron chi connectivity index (χ2n) is 5.77. The molecule has 1 amide bonds. The van der Waals surface area contributed by atoms with Gasteiger partial charge in [0.1, 0.15) is 0 Å². The van der Waals surface area contributed by atoms with Crippen LogP contribution in [0.25, 0.3) is 0 Å². The zero-order chi connectivity index (χ0) is 16.7. The van der Waals surface area contributed by atoms with Gasteiger partial charge in [-0.2, -0.15) is 11.8 Å². The van der Waals surface area contributed by atoms with Crippen molar-refractivity contribution in [1.29, 1.82) is 0 Å². The Bertz CT molecular complexity index is 544.